The van der Waals surface area contributed by atoms with E-state index in [1.807, 2.05) is 0 Å². The van der Waals surface area contributed by atoms with Gasteiger partial charge >= 0.3 is 12.1 Å². The van der Waals surface area contributed by atoms with Crippen LogP contribution >= 0.6 is 0 Å². The second-order valence-electron chi connectivity index (χ2n) is 5.21. The summed E-state index contributed by atoms with van der Waals surface area (Å²) in [5.41, 5.74) is 0.326. The van der Waals surface area contributed by atoms with Gasteiger partial charge in [0.15, 0.2) is 0 Å². The molecule has 0 bridgehead atoms. The van der Waals surface area contributed by atoms with Gasteiger partial charge in [-0.3, -0.25) is 4.99 Å². The molecule has 1 aliphatic carbocycles. The lowest BCUT2D eigenvalue weighted by molar-refractivity contribution is -0.113. The summed E-state index contributed by atoms with van der Waals surface area (Å²) in [5.74, 6) is -4.28. The van der Waals surface area contributed by atoms with Gasteiger partial charge in [0.05, 0.1) is 5.71 Å². The van der Waals surface area contributed by atoms with Gasteiger partial charge in [0.2, 0.25) is 6.17 Å². The first-order chi connectivity index (χ1) is 9.40. The van der Waals surface area contributed by atoms with Crippen LogP contribution in [0.2, 0.25) is 0 Å². The van der Waals surface area contributed by atoms with E-state index >= 15 is 0 Å². The van der Waals surface area contributed by atoms with Crippen molar-refractivity contribution in [1.82, 2.24) is 0 Å². The minimum atomic E-state index is -5.16. The normalized spacial score (nSPS) is 30.3. The Labute approximate surface area is 117 Å². The monoisotopic (exact) mass is 318 g/mol. The average molecular weight is 318 g/mol. The quantitative estimate of drug-likeness (QED) is 0.786. The predicted octanol–water partition coefficient (Wildman–Crippen LogP) is 2.60. The van der Waals surface area contributed by atoms with Gasteiger partial charge in [0.1, 0.15) is 11.8 Å². The summed E-state index contributed by atoms with van der Waals surface area (Å²) in [7, 11) is 0. The molecular weight excluding hydrogens is 302 g/mol. The molecule has 0 aromatic carbocycles. The minimum Gasteiger partial charge on any atom is -0.394 e. The number of alkyl halides is 6. The number of aliphatic hydroxyl groups excluding tert-OH is 1. The zero-order chi connectivity index (χ0) is 16.6. The number of aliphatic hydroxyl groups is 1. The topological polar surface area (TPSA) is 58.6 Å². The third-order valence-electron chi connectivity index (χ3n) is 3.08. The van der Waals surface area contributed by atoms with E-state index in [9.17, 15) is 31.4 Å². The first kappa shape index (κ1) is 17.8. The SMILES string of the molecule is CC(C)CCN=C1C(=C(N)C(F)(F)F)[C@H](O)C(F)(F)[C@H]1F. The van der Waals surface area contributed by atoms with Gasteiger partial charge in [-0.15, -0.1) is 0 Å². The Balaban J connectivity index is 3.29. The summed E-state index contributed by atoms with van der Waals surface area (Å²) in [5, 5.41) is 9.29. The lowest BCUT2D eigenvalue weighted by atomic mass is 10.1. The Bertz CT molecular complexity index is 455. The summed E-state index contributed by atoms with van der Waals surface area (Å²) in [6.07, 6.45) is -10.9. The summed E-state index contributed by atoms with van der Waals surface area (Å²) < 4.78 is 78.1. The third-order valence-corrected chi connectivity index (χ3v) is 3.08. The van der Waals surface area contributed by atoms with Crippen LogP contribution in [-0.4, -0.2) is 41.7 Å². The smallest absolute Gasteiger partial charge is 0.394 e. The molecule has 0 amide bonds. The lowest BCUT2D eigenvalue weighted by Crippen LogP contribution is -2.36. The Hall–Kier alpha value is -1.25. The summed E-state index contributed by atoms with van der Waals surface area (Å²) in [6, 6.07) is 0. The fourth-order valence-corrected chi connectivity index (χ4v) is 1.84. The molecule has 9 heteroatoms. The molecule has 1 saturated carbocycles. The molecule has 122 valence electrons. The van der Waals surface area contributed by atoms with Crippen molar-refractivity contribution in [2.45, 2.75) is 44.6 Å². The number of rotatable bonds is 3. The first-order valence-corrected chi connectivity index (χ1v) is 6.22. The van der Waals surface area contributed by atoms with E-state index in [4.69, 9.17) is 5.73 Å². The Morgan fingerprint density at radius 1 is 1.38 bits per heavy atom. The Morgan fingerprint density at radius 2 is 1.90 bits per heavy atom. The molecule has 0 unspecified atom stereocenters. The van der Waals surface area contributed by atoms with Gasteiger partial charge in [-0.1, -0.05) is 13.8 Å². The van der Waals surface area contributed by atoms with Crippen molar-refractivity contribution < 1.29 is 31.4 Å². The Kier molecular flexibility index (Phi) is 4.97. The highest BCUT2D eigenvalue weighted by atomic mass is 19.4. The highest BCUT2D eigenvalue weighted by molar-refractivity contribution is 6.08. The highest BCUT2D eigenvalue weighted by Crippen LogP contribution is 2.42. The molecule has 1 aliphatic rings. The summed E-state index contributed by atoms with van der Waals surface area (Å²) in [4.78, 5) is 3.47. The average Bonchev–Trinajstić information content (AvgIpc) is 2.48. The molecule has 0 aromatic heterocycles. The molecule has 21 heavy (non-hydrogen) atoms. The first-order valence-electron chi connectivity index (χ1n) is 6.22. The Morgan fingerprint density at radius 3 is 2.33 bits per heavy atom. The van der Waals surface area contributed by atoms with E-state index in [2.05, 4.69) is 4.99 Å². The summed E-state index contributed by atoms with van der Waals surface area (Å²) in [6.45, 7) is 3.43. The van der Waals surface area contributed by atoms with Crippen molar-refractivity contribution in [2.75, 3.05) is 6.54 Å². The van der Waals surface area contributed by atoms with Crippen LogP contribution < -0.4 is 5.73 Å². The van der Waals surface area contributed by atoms with E-state index < -0.39 is 41.4 Å². The number of nitrogens with two attached hydrogens (primary N) is 1. The van der Waals surface area contributed by atoms with Crippen molar-refractivity contribution in [3.63, 3.8) is 0 Å². The molecule has 3 nitrogen and oxygen atoms in total. The van der Waals surface area contributed by atoms with E-state index in [-0.39, 0.29) is 12.5 Å². The molecule has 0 radical (unpaired) electrons. The molecule has 0 aromatic rings. The van der Waals surface area contributed by atoms with Gasteiger partial charge in [-0.25, -0.2) is 4.39 Å². The standard InChI is InChI=1S/C12H16F6N2O/c1-5(2)3-4-20-7-6(9(19)12(16,17)18)10(21)11(14,15)8(7)13/h5,8,10,21H,3-4,19H2,1-2H3/t8-,10-/m0/s1. The minimum absolute atomic E-state index is 0.103. The van der Waals surface area contributed by atoms with Gasteiger partial charge in [-0.2, -0.15) is 22.0 Å². The molecule has 0 spiro atoms. The molecule has 0 heterocycles. The largest absolute Gasteiger partial charge is 0.431 e. The third kappa shape index (κ3) is 3.50. The van der Waals surface area contributed by atoms with Crippen molar-refractivity contribution in [3.05, 3.63) is 11.3 Å². The van der Waals surface area contributed by atoms with Crippen LogP contribution in [0.4, 0.5) is 26.3 Å². The van der Waals surface area contributed by atoms with E-state index in [0.717, 1.165) is 0 Å². The number of aliphatic imine (C=N–C) groups is 1. The number of allylic oxidation sites excluding steroid dienone is 1. The number of hydrogen-bond acceptors (Lipinski definition) is 3. The van der Waals surface area contributed by atoms with Gasteiger partial charge < -0.3 is 10.8 Å². The number of nitrogens with zero attached hydrogens (tertiary/aromatic N) is 1. The van der Waals surface area contributed by atoms with Crippen LogP contribution in [0.25, 0.3) is 0 Å². The van der Waals surface area contributed by atoms with Crippen LogP contribution in [0.15, 0.2) is 16.3 Å². The predicted molar refractivity (Wildman–Crippen MR) is 64.9 cm³/mol. The zero-order valence-corrected chi connectivity index (χ0v) is 11.4. The van der Waals surface area contributed by atoms with Crippen LogP contribution in [-0.2, 0) is 0 Å². The highest BCUT2D eigenvalue weighted by Gasteiger charge is 2.61. The maximum atomic E-state index is 13.6. The van der Waals surface area contributed by atoms with E-state index in [0.29, 0.717) is 6.42 Å². The van der Waals surface area contributed by atoms with Crippen LogP contribution in [0.1, 0.15) is 20.3 Å². The van der Waals surface area contributed by atoms with E-state index in [1.165, 1.54) is 0 Å². The van der Waals surface area contributed by atoms with Crippen molar-refractivity contribution >= 4 is 5.71 Å². The van der Waals surface area contributed by atoms with Crippen molar-refractivity contribution in [1.29, 1.82) is 0 Å². The number of halogens is 6. The van der Waals surface area contributed by atoms with Gasteiger partial charge in [0, 0.05) is 12.1 Å². The van der Waals surface area contributed by atoms with Gasteiger partial charge in [0.25, 0.3) is 0 Å². The van der Waals surface area contributed by atoms with E-state index in [1.54, 1.807) is 13.8 Å². The van der Waals surface area contributed by atoms with Crippen molar-refractivity contribution in [3.8, 4) is 0 Å². The zero-order valence-electron chi connectivity index (χ0n) is 11.4. The van der Waals surface area contributed by atoms with Crippen LogP contribution in [0.3, 0.4) is 0 Å². The number of hydrogen-bond donors (Lipinski definition) is 2. The maximum absolute atomic E-state index is 13.6. The second-order valence-corrected chi connectivity index (χ2v) is 5.21. The lowest BCUT2D eigenvalue weighted by Gasteiger charge is -2.16. The van der Waals surface area contributed by atoms with Crippen molar-refractivity contribution in [2.24, 2.45) is 16.6 Å². The molecular formula is C12H16F6N2O. The second kappa shape index (κ2) is 5.86. The molecule has 2 atom stereocenters. The molecule has 1 fully saturated rings. The fraction of sp³-hybridized carbons (Fsp3) is 0.750. The summed E-state index contributed by atoms with van der Waals surface area (Å²) >= 11 is 0. The van der Waals surface area contributed by atoms with Crippen LogP contribution in [0.5, 0.6) is 0 Å². The maximum Gasteiger partial charge on any atom is 0.431 e. The van der Waals surface area contributed by atoms with Gasteiger partial charge in [-0.05, 0) is 12.3 Å². The fourth-order valence-electron chi connectivity index (χ4n) is 1.84. The molecule has 1 rings (SSSR count). The molecule has 3 N–H and O–H groups in total. The van der Waals surface area contributed by atoms with Crippen LogP contribution in [0, 0.1) is 5.92 Å². The molecule has 0 saturated heterocycles. The molecule has 0 aliphatic heterocycles.